The van der Waals surface area contributed by atoms with E-state index in [1.165, 1.54) is 12.1 Å². The Balaban J connectivity index is 2.10. The van der Waals surface area contributed by atoms with Gasteiger partial charge in [-0.2, -0.15) is 0 Å². The van der Waals surface area contributed by atoms with Gasteiger partial charge in [0.25, 0.3) is 5.91 Å². The van der Waals surface area contributed by atoms with E-state index in [9.17, 15) is 9.59 Å². The van der Waals surface area contributed by atoms with Crippen molar-refractivity contribution in [1.82, 2.24) is 10.3 Å². The first kappa shape index (κ1) is 12.5. The van der Waals surface area contributed by atoms with Gasteiger partial charge < -0.3 is 15.2 Å². The number of pyridine rings is 1. The number of rotatable bonds is 3. The minimum Gasteiger partial charge on any atom is -0.478 e. The summed E-state index contributed by atoms with van der Waals surface area (Å²) in [5.74, 6) is -1.35. The summed E-state index contributed by atoms with van der Waals surface area (Å²) in [5, 5.41) is 11.7. The number of nitrogens with one attached hydrogen (secondary N) is 1. The number of carbonyl (C=O) groups excluding carboxylic acids is 1. The van der Waals surface area contributed by atoms with E-state index in [1.54, 1.807) is 6.92 Å². The van der Waals surface area contributed by atoms with Crippen LogP contribution in [0.2, 0.25) is 0 Å². The lowest BCUT2D eigenvalue weighted by Crippen LogP contribution is -2.35. The van der Waals surface area contributed by atoms with Crippen molar-refractivity contribution in [2.75, 3.05) is 13.2 Å². The summed E-state index contributed by atoms with van der Waals surface area (Å²) in [5.41, 5.74) is 0.665. The van der Waals surface area contributed by atoms with Gasteiger partial charge in [-0.15, -0.1) is 0 Å². The molecule has 0 aliphatic carbocycles. The molecule has 0 radical (unpaired) electrons. The molecule has 6 nitrogen and oxygen atoms in total. The summed E-state index contributed by atoms with van der Waals surface area (Å²) >= 11 is 0. The molecule has 0 saturated carbocycles. The second-order valence-electron chi connectivity index (χ2n) is 4.17. The largest absolute Gasteiger partial charge is 0.478 e. The summed E-state index contributed by atoms with van der Waals surface area (Å²) in [7, 11) is 0. The van der Waals surface area contributed by atoms with E-state index in [2.05, 4.69) is 10.3 Å². The van der Waals surface area contributed by atoms with Gasteiger partial charge in [0.2, 0.25) is 0 Å². The van der Waals surface area contributed by atoms with Crippen molar-refractivity contribution in [1.29, 1.82) is 0 Å². The van der Waals surface area contributed by atoms with Crippen LogP contribution in [0.15, 0.2) is 12.1 Å². The van der Waals surface area contributed by atoms with Crippen molar-refractivity contribution in [3.8, 4) is 0 Å². The van der Waals surface area contributed by atoms with Gasteiger partial charge in [-0.05, 0) is 25.5 Å². The van der Waals surface area contributed by atoms with Gasteiger partial charge >= 0.3 is 5.97 Å². The average molecular weight is 250 g/mol. The second-order valence-corrected chi connectivity index (χ2v) is 4.17. The van der Waals surface area contributed by atoms with Crippen LogP contribution in [0.5, 0.6) is 0 Å². The number of aromatic carboxylic acids is 1. The van der Waals surface area contributed by atoms with E-state index in [-0.39, 0.29) is 23.2 Å². The van der Waals surface area contributed by atoms with Crippen LogP contribution in [0.25, 0.3) is 0 Å². The standard InChI is InChI=1S/C12H14N2O4/c1-7-9(12(16)17)2-3-10(13-7)11(15)14-8-4-5-18-6-8/h2-3,8H,4-6H2,1H3,(H,14,15)(H,16,17). The summed E-state index contributed by atoms with van der Waals surface area (Å²) in [6.07, 6.45) is 0.790. The molecular weight excluding hydrogens is 236 g/mol. The molecule has 2 heterocycles. The minimum atomic E-state index is -1.05. The van der Waals surface area contributed by atoms with Crippen LogP contribution >= 0.6 is 0 Å². The Morgan fingerprint density at radius 1 is 1.50 bits per heavy atom. The fourth-order valence-corrected chi connectivity index (χ4v) is 1.82. The van der Waals surface area contributed by atoms with Crippen LogP contribution in [-0.4, -0.2) is 41.2 Å². The van der Waals surface area contributed by atoms with E-state index >= 15 is 0 Å². The first-order chi connectivity index (χ1) is 8.58. The predicted molar refractivity (Wildman–Crippen MR) is 62.6 cm³/mol. The zero-order valence-corrected chi connectivity index (χ0v) is 9.97. The number of carboxylic acid groups (broad SMARTS) is 1. The third-order valence-electron chi connectivity index (χ3n) is 2.81. The van der Waals surface area contributed by atoms with E-state index < -0.39 is 5.97 Å². The van der Waals surface area contributed by atoms with Crippen molar-refractivity contribution in [3.63, 3.8) is 0 Å². The Morgan fingerprint density at radius 3 is 2.83 bits per heavy atom. The van der Waals surface area contributed by atoms with E-state index in [4.69, 9.17) is 9.84 Å². The Labute approximate surface area is 104 Å². The van der Waals surface area contributed by atoms with Gasteiger partial charge in [0, 0.05) is 6.61 Å². The third kappa shape index (κ3) is 2.65. The molecule has 6 heteroatoms. The molecule has 18 heavy (non-hydrogen) atoms. The highest BCUT2D eigenvalue weighted by Crippen LogP contribution is 2.09. The fraction of sp³-hybridized carbons (Fsp3) is 0.417. The first-order valence-electron chi connectivity index (χ1n) is 5.67. The summed E-state index contributed by atoms with van der Waals surface area (Å²) < 4.78 is 5.16. The molecule has 1 aliphatic heterocycles. The third-order valence-corrected chi connectivity index (χ3v) is 2.81. The number of hydrogen-bond acceptors (Lipinski definition) is 4. The quantitative estimate of drug-likeness (QED) is 0.820. The first-order valence-corrected chi connectivity index (χ1v) is 5.67. The van der Waals surface area contributed by atoms with Gasteiger partial charge in [-0.1, -0.05) is 0 Å². The van der Waals surface area contributed by atoms with E-state index in [0.717, 1.165) is 6.42 Å². The molecule has 1 fully saturated rings. The molecule has 1 aliphatic rings. The molecule has 1 atom stereocenters. The Kier molecular flexibility index (Phi) is 3.57. The molecule has 1 aromatic rings. The number of amides is 1. The number of aromatic nitrogens is 1. The lowest BCUT2D eigenvalue weighted by Gasteiger charge is -2.10. The van der Waals surface area contributed by atoms with Gasteiger partial charge in [-0.25, -0.2) is 9.78 Å². The van der Waals surface area contributed by atoms with Crippen LogP contribution in [-0.2, 0) is 4.74 Å². The molecule has 1 aromatic heterocycles. The van der Waals surface area contributed by atoms with Gasteiger partial charge in [0.05, 0.1) is 23.9 Å². The summed E-state index contributed by atoms with van der Waals surface area (Å²) in [4.78, 5) is 26.7. The normalized spacial score (nSPS) is 18.6. The Bertz CT molecular complexity index is 481. The Hall–Kier alpha value is -1.95. The highest BCUT2D eigenvalue weighted by atomic mass is 16.5. The van der Waals surface area contributed by atoms with Crippen LogP contribution in [0.4, 0.5) is 0 Å². The number of carboxylic acids is 1. The lowest BCUT2D eigenvalue weighted by atomic mass is 10.1. The molecule has 1 unspecified atom stereocenters. The number of hydrogen-bond donors (Lipinski definition) is 2. The maximum Gasteiger partial charge on any atom is 0.337 e. The predicted octanol–water partition coefficient (Wildman–Crippen LogP) is 0.607. The van der Waals surface area contributed by atoms with Gasteiger partial charge in [0.15, 0.2) is 0 Å². The van der Waals surface area contributed by atoms with Crippen molar-refractivity contribution in [3.05, 3.63) is 29.1 Å². The SMILES string of the molecule is Cc1nc(C(=O)NC2CCOC2)ccc1C(=O)O. The van der Waals surface area contributed by atoms with Crippen LogP contribution in [0, 0.1) is 6.92 Å². The number of aryl methyl sites for hydroxylation is 1. The van der Waals surface area contributed by atoms with Crippen LogP contribution < -0.4 is 5.32 Å². The van der Waals surface area contributed by atoms with E-state index in [1.807, 2.05) is 0 Å². The van der Waals surface area contributed by atoms with Crippen molar-refractivity contribution >= 4 is 11.9 Å². The van der Waals surface area contributed by atoms with Crippen LogP contribution in [0.1, 0.15) is 33.0 Å². The average Bonchev–Trinajstić information content (AvgIpc) is 2.81. The molecule has 0 bridgehead atoms. The monoisotopic (exact) mass is 250 g/mol. The fourth-order valence-electron chi connectivity index (χ4n) is 1.82. The molecule has 2 N–H and O–H groups in total. The molecule has 2 rings (SSSR count). The number of nitrogens with zero attached hydrogens (tertiary/aromatic N) is 1. The zero-order chi connectivity index (χ0) is 13.1. The molecule has 96 valence electrons. The molecule has 1 amide bonds. The smallest absolute Gasteiger partial charge is 0.337 e. The van der Waals surface area contributed by atoms with Crippen LogP contribution in [0.3, 0.4) is 0 Å². The topological polar surface area (TPSA) is 88.5 Å². The summed E-state index contributed by atoms with van der Waals surface area (Å²) in [6, 6.07) is 2.82. The number of carbonyl (C=O) groups is 2. The molecular formula is C12H14N2O4. The highest BCUT2D eigenvalue weighted by molar-refractivity contribution is 5.94. The lowest BCUT2D eigenvalue weighted by molar-refractivity contribution is 0.0694. The zero-order valence-electron chi connectivity index (χ0n) is 9.97. The molecule has 0 spiro atoms. The van der Waals surface area contributed by atoms with Crippen molar-refractivity contribution in [2.45, 2.75) is 19.4 Å². The van der Waals surface area contributed by atoms with Crippen molar-refractivity contribution < 1.29 is 19.4 Å². The van der Waals surface area contributed by atoms with Crippen molar-refractivity contribution in [2.24, 2.45) is 0 Å². The molecule has 1 saturated heterocycles. The molecule has 0 aromatic carbocycles. The van der Waals surface area contributed by atoms with E-state index in [0.29, 0.717) is 18.9 Å². The number of ether oxygens (including phenoxy) is 1. The maximum atomic E-state index is 11.9. The highest BCUT2D eigenvalue weighted by Gasteiger charge is 2.20. The minimum absolute atomic E-state index is 0.0127. The maximum absolute atomic E-state index is 11.9. The van der Waals surface area contributed by atoms with Gasteiger partial charge in [-0.3, -0.25) is 4.79 Å². The van der Waals surface area contributed by atoms with Gasteiger partial charge in [0.1, 0.15) is 5.69 Å². The Morgan fingerprint density at radius 2 is 2.28 bits per heavy atom. The summed E-state index contributed by atoms with van der Waals surface area (Å²) in [6.45, 7) is 2.73. The second kappa shape index (κ2) is 5.14.